The summed E-state index contributed by atoms with van der Waals surface area (Å²) in [4.78, 5) is 9.41. The number of nitrogens with one attached hydrogen (secondary N) is 1. The summed E-state index contributed by atoms with van der Waals surface area (Å²) in [5.74, 6) is 0.409. The number of rotatable bonds is 10. The van der Waals surface area contributed by atoms with E-state index in [1.807, 2.05) is 0 Å². The van der Waals surface area contributed by atoms with Crippen molar-refractivity contribution >= 4 is 32.5 Å². The van der Waals surface area contributed by atoms with E-state index in [1.54, 1.807) is 31.3 Å². The van der Waals surface area contributed by atoms with Crippen molar-refractivity contribution < 1.29 is 13.5 Å². The normalized spacial score (nSPS) is 22.3. The first-order valence-corrected chi connectivity index (χ1v) is 13.9. The zero-order valence-electron chi connectivity index (χ0n) is 20.1. The Balaban J connectivity index is 1.59. The van der Waals surface area contributed by atoms with Crippen molar-refractivity contribution in [3.8, 4) is 0 Å². The molecule has 12 heteroatoms. The van der Waals surface area contributed by atoms with Crippen LogP contribution in [0.25, 0.3) is 0 Å². The highest BCUT2D eigenvalue weighted by molar-refractivity contribution is 7.89. The van der Waals surface area contributed by atoms with Gasteiger partial charge in [-0.15, -0.1) is 10.2 Å². The SMILES string of the molecule is CCCCC1(Cc2ccc(S(=O)(=O)N(C)C3(c4nn[nH]n4)CCCCC3)cc2)N=C(Cl)C(CO)=N1. The van der Waals surface area contributed by atoms with Gasteiger partial charge in [-0.25, -0.2) is 13.4 Å². The van der Waals surface area contributed by atoms with Crippen LogP contribution in [0.15, 0.2) is 39.1 Å². The third kappa shape index (κ3) is 5.04. The fourth-order valence-corrected chi connectivity index (χ4v) is 6.86. The van der Waals surface area contributed by atoms with Gasteiger partial charge in [0.25, 0.3) is 0 Å². The Bertz CT molecular complexity index is 1180. The molecule has 1 aliphatic heterocycles. The summed E-state index contributed by atoms with van der Waals surface area (Å²) in [6.45, 7) is 1.83. The van der Waals surface area contributed by atoms with Gasteiger partial charge < -0.3 is 5.11 Å². The van der Waals surface area contributed by atoms with E-state index in [0.717, 1.165) is 37.7 Å². The predicted octanol–water partition coefficient (Wildman–Crippen LogP) is 3.19. The van der Waals surface area contributed by atoms with Crippen LogP contribution in [0.5, 0.6) is 0 Å². The smallest absolute Gasteiger partial charge is 0.243 e. The second kappa shape index (κ2) is 10.4. The van der Waals surface area contributed by atoms with Gasteiger partial charge >= 0.3 is 0 Å². The zero-order chi connectivity index (χ0) is 25.1. The lowest BCUT2D eigenvalue weighted by Gasteiger charge is -2.41. The molecule has 35 heavy (non-hydrogen) atoms. The molecule has 0 radical (unpaired) electrons. The molecular formula is C23H32ClN7O3S. The van der Waals surface area contributed by atoms with E-state index in [-0.39, 0.29) is 16.7 Å². The number of aromatic amines is 1. The van der Waals surface area contributed by atoms with E-state index in [9.17, 15) is 13.5 Å². The molecule has 4 rings (SSSR count). The quantitative estimate of drug-likeness (QED) is 0.492. The number of aliphatic imine (C=N–C) groups is 2. The number of sulfonamides is 1. The van der Waals surface area contributed by atoms with Crippen LogP contribution in [-0.4, -0.2) is 68.7 Å². The van der Waals surface area contributed by atoms with Gasteiger partial charge in [0.2, 0.25) is 10.0 Å². The minimum absolute atomic E-state index is 0.201. The third-order valence-corrected chi connectivity index (χ3v) is 9.32. The first-order chi connectivity index (χ1) is 16.8. The maximum atomic E-state index is 13.7. The summed E-state index contributed by atoms with van der Waals surface area (Å²) >= 11 is 6.21. The maximum Gasteiger partial charge on any atom is 0.243 e. The number of hydrogen-bond acceptors (Lipinski definition) is 8. The van der Waals surface area contributed by atoms with E-state index in [2.05, 4.69) is 37.5 Å². The van der Waals surface area contributed by atoms with Crippen LogP contribution in [0.1, 0.15) is 69.7 Å². The van der Waals surface area contributed by atoms with Gasteiger partial charge in [0, 0.05) is 13.5 Å². The molecular weight excluding hydrogens is 490 g/mol. The summed E-state index contributed by atoms with van der Waals surface area (Å²) in [5.41, 5.74) is -0.308. The van der Waals surface area contributed by atoms with Crippen LogP contribution >= 0.6 is 11.6 Å². The van der Waals surface area contributed by atoms with Crippen molar-refractivity contribution in [2.45, 2.75) is 80.8 Å². The van der Waals surface area contributed by atoms with E-state index in [0.29, 0.717) is 37.2 Å². The van der Waals surface area contributed by atoms with E-state index >= 15 is 0 Å². The molecule has 1 aromatic carbocycles. The molecule has 10 nitrogen and oxygen atoms in total. The lowest BCUT2D eigenvalue weighted by atomic mass is 9.81. The van der Waals surface area contributed by atoms with Crippen LogP contribution < -0.4 is 0 Å². The fraction of sp³-hybridized carbons (Fsp3) is 0.609. The van der Waals surface area contributed by atoms with Crippen molar-refractivity contribution in [1.82, 2.24) is 24.9 Å². The molecule has 2 aromatic rings. The molecule has 0 saturated heterocycles. The number of H-pyrrole nitrogens is 1. The Morgan fingerprint density at radius 2 is 1.86 bits per heavy atom. The van der Waals surface area contributed by atoms with Crippen molar-refractivity contribution in [1.29, 1.82) is 0 Å². The Kier molecular flexibility index (Phi) is 7.70. The van der Waals surface area contributed by atoms with Gasteiger partial charge in [-0.05, 0) is 43.4 Å². The summed E-state index contributed by atoms with van der Waals surface area (Å²) in [6, 6.07) is 6.84. The van der Waals surface area contributed by atoms with Crippen LogP contribution in [0.4, 0.5) is 0 Å². The van der Waals surface area contributed by atoms with Crippen molar-refractivity contribution in [2.75, 3.05) is 13.7 Å². The highest BCUT2D eigenvalue weighted by Gasteiger charge is 2.47. The Morgan fingerprint density at radius 1 is 1.14 bits per heavy atom. The molecule has 190 valence electrons. The Labute approximate surface area is 210 Å². The van der Waals surface area contributed by atoms with Gasteiger partial charge in [-0.3, -0.25) is 4.99 Å². The number of nitrogens with zero attached hydrogens (tertiary/aromatic N) is 6. The summed E-state index contributed by atoms with van der Waals surface area (Å²) in [5, 5.41) is 24.3. The molecule has 1 saturated carbocycles. The summed E-state index contributed by atoms with van der Waals surface area (Å²) < 4.78 is 28.8. The minimum Gasteiger partial charge on any atom is -0.390 e. The number of halogens is 1. The van der Waals surface area contributed by atoms with Gasteiger partial charge in [0.05, 0.1) is 17.0 Å². The molecule has 2 N–H and O–H groups in total. The molecule has 1 aliphatic carbocycles. The van der Waals surface area contributed by atoms with Crippen LogP contribution in [0, 0.1) is 0 Å². The van der Waals surface area contributed by atoms with E-state index in [1.165, 1.54) is 4.31 Å². The highest BCUT2D eigenvalue weighted by Crippen LogP contribution is 2.42. The number of benzene rings is 1. The maximum absolute atomic E-state index is 13.7. The second-order valence-corrected chi connectivity index (χ2v) is 11.7. The molecule has 0 spiro atoms. The molecule has 1 unspecified atom stereocenters. The fourth-order valence-electron chi connectivity index (χ4n) is 5.08. The topological polar surface area (TPSA) is 137 Å². The number of aliphatic hydroxyl groups is 1. The molecule has 0 amide bonds. The monoisotopic (exact) mass is 521 g/mol. The van der Waals surface area contributed by atoms with Gasteiger partial charge in [0.15, 0.2) is 11.5 Å². The molecule has 1 aromatic heterocycles. The van der Waals surface area contributed by atoms with Crippen LogP contribution in [0.2, 0.25) is 0 Å². The molecule has 2 aliphatic rings. The van der Waals surface area contributed by atoms with Gasteiger partial charge in [-0.1, -0.05) is 61.6 Å². The number of hydrogen-bond donors (Lipinski definition) is 2. The summed E-state index contributed by atoms with van der Waals surface area (Å²) in [7, 11) is -2.21. The minimum atomic E-state index is -3.82. The molecule has 0 bridgehead atoms. The van der Waals surface area contributed by atoms with Crippen molar-refractivity contribution in [3.05, 3.63) is 35.7 Å². The summed E-state index contributed by atoms with van der Waals surface area (Å²) in [6.07, 6.45) is 7.17. The van der Waals surface area contributed by atoms with Crippen LogP contribution in [-0.2, 0) is 22.0 Å². The predicted molar refractivity (Wildman–Crippen MR) is 134 cm³/mol. The van der Waals surface area contributed by atoms with E-state index < -0.39 is 21.2 Å². The lowest BCUT2D eigenvalue weighted by molar-refractivity contribution is 0.139. The molecule has 1 atom stereocenters. The first kappa shape index (κ1) is 25.9. The zero-order valence-corrected chi connectivity index (χ0v) is 21.7. The van der Waals surface area contributed by atoms with Crippen LogP contribution in [0.3, 0.4) is 0 Å². The lowest BCUT2D eigenvalue weighted by Crippen LogP contribution is -2.49. The van der Waals surface area contributed by atoms with E-state index in [4.69, 9.17) is 11.6 Å². The first-order valence-electron chi connectivity index (χ1n) is 12.0. The molecule has 2 heterocycles. The number of tetrazole rings is 1. The highest BCUT2D eigenvalue weighted by atomic mass is 35.5. The number of aliphatic hydroxyl groups excluding tert-OH is 1. The number of aromatic nitrogens is 4. The average molecular weight is 522 g/mol. The Hall–Kier alpha value is -2.21. The standard InChI is InChI=1S/C23H32ClN7O3S/c1-3-4-14-23(25-19(16-32)20(24)26-23)15-17-8-10-18(11-9-17)35(33,34)31(2)22(12-6-5-7-13-22)21-27-29-30-28-21/h8-11,32H,3-7,12-16H2,1-2H3,(H,27,28,29,30). The van der Waals surface area contributed by atoms with Crippen molar-refractivity contribution in [3.63, 3.8) is 0 Å². The van der Waals surface area contributed by atoms with Crippen molar-refractivity contribution in [2.24, 2.45) is 9.98 Å². The average Bonchev–Trinajstić information content (AvgIpc) is 3.52. The van der Waals surface area contributed by atoms with Gasteiger partial charge in [0.1, 0.15) is 10.9 Å². The largest absolute Gasteiger partial charge is 0.390 e. The van der Waals surface area contributed by atoms with Gasteiger partial charge in [-0.2, -0.15) is 9.52 Å². The number of unbranched alkanes of at least 4 members (excludes halogenated alkanes) is 1. The Morgan fingerprint density at radius 3 is 2.43 bits per heavy atom. The second-order valence-electron chi connectivity index (χ2n) is 9.33. The third-order valence-electron chi connectivity index (χ3n) is 7.08. The molecule has 1 fully saturated rings.